The molecule has 0 aromatic heterocycles. The van der Waals surface area contributed by atoms with E-state index in [9.17, 15) is 4.79 Å². The van der Waals surface area contributed by atoms with Gasteiger partial charge in [0.1, 0.15) is 0 Å². The molecule has 2 unspecified atom stereocenters. The first-order valence-electron chi connectivity index (χ1n) is 7.99. The van der Waals surface area contributed by atoms with Crippen LogP contribution in [0.1, 0.15) is 42.8 Å². The molecule has 1 saturated carbocycles. The topological polar surface area (TPSA) is 55.1 Å². The van der Waals surface area contributed by atoms with Crippen LogP contribution >= 0.6 is 35.9 Å². The number of nitrogens with two attached hydrogens (primary N) is 1. The summed E-state index contributed by atoms with van der Waals surface area (Å²) in [5, 5.41) is 3.09. The van der Waals surface area contributed by atoms with Crippen LogP contribution in [0.2, 0.25) is 0 Å². The number of hydrogen-bond acceptors (Lipinski definition) is 4. The molecule has 0 spiro atoms. The quantitative estimate of drug-likeness (QED) is 0.823. The highest BCUT2D eigenvalue weighted by atomic mass is 35.5. The van der Waals surface area contributed by atoms with Crippen molar-refractivity contribution in [3.05, 3.63) is 29.8 Å². The molecule has 1 heterocycles. The molecular formula is C17H25ClN2OS2. The van der Waals surface area contributed by atoms with Crippen LogP contribution in [0.3, 0.4) is 0 Å². The zero-order valence-corrected chi connectivity index (χ0v) is 15.9. The van der Waals surface area contributed by atoms with E-state index >= 15 is 0 Å². The van der Waals surface area contributed by atoms with Gasteiger partial charge in [0, 0.05) is 22.7 Å². The summed E-state index contributed by atoms with van der Waals surface area (Å²) >= 11 is 3.96. The number of hydrogen-bond donors (Lipinski definition) is 2. The molecule has 3 nitrogen and oxygen atoms in total. The summed E-state index contributed by atoms with van der Waals surface area (Å²) in [6.07, 6.45) is 4.05. The minimum atomic E-state index is -0.378. The summed E-state index contributed by atoms with van der Waals surface area (Å²) < 4.78 is 0.506. The Morgan fingerprint density at radius 2 is 2.04 bits per heavy atom. The second-order valence-electron chi connectivity index (χ2n) is 6.49. The predicted molar refractivity (Wildman–Crippen MR) is 105 cm³/mol. The van der Waals surface area contributed by atoms with Crippen molar-refractivity contribution in [1.29, 1.82) is 0 Å². The Balaban J connectivity index is 0.00000192. The molecule has 2 fully saturated rings. The smallest absolute Gasteiger partial charge is 0.229 e. The number of anilines is 1. The fraction of sp³-hybridized carbons (Fsp3) is 0.588. The zero-order valence-electron chi connectivity index (χ0n) is 13.4. The summed E-state index contributed by atoms with van der Waals surface area (Å²) in [6, 6.07) is 8.28. The van der Waals surface area contributed by atoms with Crippen LogP contribution < -0.4 is 11.1 Å². The molecule has 23 heavy (non-hydrogen) atoms. The number of halogens is 1. The highest BCUT2D eigenvalue weighted by Gasteiger charge is 2.37. The number of carbonyl (C=O) groups is 1. The molecular weight excluding hydrogens is 348 g/mol. The van der Waals surface area contributed by atoms with Crippen molar-refractivity contribution >= 4 is 47.5 Å². The maximum Gasteiger partial charge on any atom is 0.229 e. The van der Waals surface area contributed by atoms with Gasteiger partial charge in [-0.3, -0.25) is 4.79 Å². The minimum absolute atomic E-state index is 0. The van der Waals surface area contributed by atoms with Gasteiger partial charge in [0.2, 0.25) is 5.91 Å². The molecule has 3 rings (SSSR count). The van der Waals surface area contributed by atoms with Gasteiger partial charge in [-0.2, -0.15) is 0 Å². The Morgan fingerprint density at radius 1 is 1.30 bits per heavy atom. The van der Waals surface area contributed by atoms with Gasteiger partial charge in [-0.05, 0) is 37.5 Å². The van der Waals surface area contributed by atoms with Crippen molar-refractivity contribution in [2.75, 3.05) is 16.8 Å². The van der Waals surface area contributed by atoms with Crippen LogP contribution in [0.5, 0.6) is 0 Å². The van der Waals surface area contributed by atoms with Gasteiger partial charge in [-0.1, -0.05) is 25.0 Å². The predicted octanol–water partition coefficient (Wildman–Crippen LogP) is 4.43. The normalized spacial score (nSPS) is 28.2. The SMILES string of the molecule is CC1(N)CCCCC1C(=O)Nc1cccc(C2SCCS2)c1.Cl. The minimum Gasteiger partial charge on any atom is -0.326 e. The van der Waals surface area contributed by atoms with Gasteiger partial charge in [-0.25, -0.2) is 0 Å². The lowest BCUT2D eigenvalue weighted by molar-refractivity contribution is -0.122. The van der Waals surface area contributed by atoms with E-state index in [1.54, 1.807) is 0 Å². The molecule has 6 heteroatoms. The Kier molecular flexibility index (Phi) is 6.72. The maximum atomic E-state index is 12.6. The molecule has 3 N–H and O–H groups in total. The van der Waals surface area contributed by atoms with Crippen molar-refractivity contribution in [3.63, 3.8) is 0 Å². The molecule has 1 aliphatic heterocycles. The van der Waals surface area contributed by atoms with Crippen molar-refractivity contribution in [1.82, 2.24) is 0 Å². The number of benzene rings is 1. The third kappa shape index (κ3) is 4.59. The summed E-state index contributed by atoms with van der Waals surface area (Å²) in [6.45, 7) is 2.01. The van der Waals surface area contributed by atoms with E-state index < -0.39 is 0 Å². The molecule has 0 radical (unpaired) electrons. The van der Waals surface area contributed by atoms with E-state index in [0.29, 0.717) is 4.58 Å². The van der Waals surface area contributed by atoms with Gasteiger partial charge in [-0.15, -0.1) is 35.9 Å². The van der Waals surface area contributed by atoms with Crippen LogP contribution in [-0.4, -0.2) is 23.0 Å². The summed E-state index contributed by atoms with van der Waals surface area (Å²) in [7, 11) is 0. The van der Waals surface area contributed by atoms with E-state index in [1.807, 2.05) is 42.6 Å². The Bertz CT molecular complexity index is 547. The lowest BCUT2D eigenvalue weighted by Gasteiger charge is -2.37. The monoisotopic (exact) mass is 372 g/mol. The molecule has 128 valence electrons. The van der Waals surface area contributed by atoms with Crippen molar-refractivity contribution in [2.45, 2.75) is 42.7 Å². The van der Waals surface area contributed by atoms with E-state index in [1.165, 1.54) is 17.1 Å². The van der Waals surface area contributed by atoms with Gasteiger partial charge in [0.25, 0.3) is 0 Å². The molecule has 1 aromatic rings. The summed E-state index contributed by atoms with van der Waals surface area (Å²) in [5.74, 6) is 2.41. The average molecular weight is 373 g/mol. The van der Waals surface area contributed by atoms with Gasteiger partial charge in [0.15, 0.2) is 0 Å². The standard InChI is InChI=1S/C17H24N2OS2.ClH/c1-17(18)8-3-2-7-14(17)15(20)19-13-6-4-5-12(11-13)16-21-9-10-22-16;/h4-6,11,14,16H,2-3,7-10,18H2,1H3,(H,19,20);1H. The number of thioether (sulfide) groups is 2. The van der Waals surface area contributed by atoms with Gasteiger partial charge < -0.3 is 11.1 Å². The first-order chi connectivity index (χ1) is 10.6. The highest BCUT2D eigenvalue weighted by Crippen LogP contribution is 2.45. The average Bonchev–Trinajstić information content (AvgIpc) is 3.01. The zero-order chi connectivity index (χ0) is 15.6. The third-order valence-electron chi connectivity index (χ3n) is 4.62. The van der Waals surface area contributed by atoms with Gasteiger partial charge in [0.05, 0.1) is 10.5 Å². The molecule has 0 bridgehead atoms. The lowest BCUT2D eigenvalue weighted by atomic mass is 9.74. The second-order valence-corrected chi connectivity index (χ2v) is 9.22. The molecule has 1 saturated heterocycles. The van der Waals surface area contributed by atoms with Crippen molar-refractivity contribution in [3.8, 4) is 0 Å². The van der Waals surface area contributed by atoms with E-state index in [2.05, 4.69) is 17.4 Å². The van der Waals surface area contributed by atoms with Crippen LogP contribution in [0.25, 0.3) is 0 Å². The molecule has 2 atom stereocenters. The lowest BCUT2D eigenvalue weighted by Crippen LogP contribution is -2.51. The Morgan fingerprint density at radius 3 is 2.74 bits per heavy atom. The Labute approximate surface area is 153 Å². The number of rotatable bonds is 3. The van der Waals surface area contributed by atoms with Crippen molar-refractivity contribution < 1.29 is 4.79 Å². The summed E-state index contributed by atoms with van der Waals surface area (Å²) in [4.78, 5) is 12.6. The van der Waals surface area contributed by atoms with Gasteiger partial charge >= 0.3 is 0 Å². The number of amides is 1. The second kappa shape index (κ2) is 8.15. The maximum absolute atomic E-state index is 12.6. The van der Waals surface area contributed by atoms with Crippen LogP contribution in [0.4, 0.5) is 5.69 Å². The third-order valence-corrected chi connectivity index (χ3v) is 7.72. The largest absolute Gasteiger partial charge is 0.326 e. The van der Waals surface area contributed by atoms with E-state index in [0.717, 1.165) is 31.4 Å². The molecule has 1 aromatic carbocycles. The fourth-order valence-electron chi connectivity index (χ4n) is 3.33. The highest BCUT2D eigenvalue weighted by molar-refractivity contribution is 8.19. The first kappa shape index (κ1) is 19.0. The van der Waals surface area contributed by atoms with Crippen LogP contribution in [-0.2, 0) is 4.79 Å². The van der Waals surface area contributed by atoms with E-state index in [4.69, 9.17) is 5.73 Å². The number of carbonyl (C=O) groups excluding carboxylic acids is 1. The number of nitrogens with one attached hydrogen (secondary N) is 1. The van der Waals surface area contributed by atoms with E-state index in [-0.39, 0.29) is 29.8 Å². The van der Waals surface area contributed by atoms with Crippen LogP contribution in [0, 0.1) is 5.92 Å². The Hall–Kier alpha value is -0.360. The molecule has 1 aliphatic carbocycles. The van der Waals surface area contributed by atoms with Crippen LogP contribution in [0.15, 0.2) is 24.3 Å². The summed E-state index contributed by atoms with van der Waals surface area (Å²) in [5.41, 5.74) is 8.16. The molecule has 2 aliphatic rings. The fourth-order valence-corrected chi connectivity index (χ4v) is 6.17. The molecule has 1 amide bonds. The first-order valence-corrected chi connectivity index (χ1v) is 10.1. The van der Waals surface area contributed by atoms with Crippen molar-refractivity contribution in [2.24, 2.45) is 11.7 Å².